The number of carbonyl (C=O) groups is 2. The van der Waals surface area contributed by atoms with Crippen molar-refractivity contribution in [2.45, 2.75) is 25.4 Å². The summed E-state index contributed by atoms with van der Waals surface area (Å²) in [6.07, 6.45) is 6.53. The van der Waals surface area contributed by atoms with Gasteiger partial charge in [0.15, 0.2) is 5.65 Å². The Hall–Kier alpha value is -3.73. The van der Waals surface area contributed by atoms with E-state index in [4.69, 9.17) is 9.72 Å². The van der Waals surface area contributed by atoms with Crippen molar-refractivity contribution in [1.82, 2.24) is 30.0 Å². The number of aromatic amines is 1. The van der Waals surface area contributed by atoms with Gasteiger partial charge in [0.2, 0.25) is 0 Å². The highest BCUT2D eigenvalue weighted by atomic mass is 32.1. The van der Waals surface area contributed by atoms with Gasteiger partial charge in [-0.25, -0.2) is 19.6 Å². The molecular weight excluding hydrogens is 454 g/mol. The van der Waals surface area contributed by atoms with Gasteiger partial charge in [-0.3, -0.25) is 10.00 Å². The van der Waals surface area contributed by atoms with Crippen LogP contribution in [0.25, 0.3) is 31.7 Å². The Labute approximate surface area is 199 Å². The summed E-state index contributed by atoms with van der Waals surface area (Å²) < 4.78 is 4.87. The maximum atomic E-state index is 13.4. The van der Waals surface area contributed by atoms with Gasteiger partial charge in [-0.1, -0.05) is 0 Å². The Bertz CT molecular complexity index is 1420. The summed E-state index contributed by atoms with van der Waals surface area (Å²) >= 11 is 1.59. The van der Waals surface area contributed by atoms with E-state index in [0.717, 1.165) is 42.9 Å². The van der Waals surface area contributed by atoms with Crippen LogP contribution in [0.1, 0.15) is 18.4 Å². The number of thiophene rings is 1. The second-order valence-corrected chi connectivity index (χ2v) is 9.72. The Morgan fingerprint density at radius 2 is 2.00 bits per heavy atom. The van der Waals surface area contributed by atoms with Gasteiger partial charge < -0.3 is 14.5 Å². The number of urea groups is 1. The normalized spacial score (nSPS) is 17.0. The van der Waals surface area contributed by atoms with E-state index in [0.29, 0.717) is 32.5 Å². The number of fused-ring (bicyclic) bond motifs is 4. The molecule has 0 unspecified atom stereocenters. The van der Waals surface area contributed by atoms with Gasteiger partial charge in [0.25, 0.3) is 0 Å². The SMILES string of the molecule is COC(=O)N1CCC(N2C(=O)N(C)Cc3cnc4sc(-c5cnc6[nH]ncc6c5)cc4c32)CC1. The number of rotatable bonds is 2. The summed E-state index contributed by atoms with van der Waals surface area (Å²) in [4.78, 5) is 41.8. The third kappa shape index (κ3) is 3.26. The number of nitrogens with zero attached hydrogens (tertiary/aromatic N) is 6. The number of H-pyrrole nitrogens is 1. The highest BCUT2D eigenvalue weighted by Crippen LogP contribution is 2.43. The lowest BCUT2D eigenvalue weighted by molar-refractivity contribution is 0.111. The minimum Gasteiger partial charge on any atom is -0.453 e. The molecule has 1 fully saturated rings. The maximum absolute atomic E-state index is 13.4. The zero-order valence-electron chi connectivity index (χ0n) is 18.8. The molecule has 4 aromatic rings. The second kappa shape index (κ2) is 7.94. The molecule has 2 aliphatic heterocycles. The van der Waals surface area contributed by atoms with Crippen LogP contribution in [0.15, 0.2) is 30.7 Å². The van der Waals surface area contributed by atoms with E-state index < -0.39 is 0 Å². The van der Waals surface area contributed by atoms with Gasteiger partial charge in [0.05, 0.1) is 25.5 Å². The molecular formula is C23H23N7O3S. The monoisotopic (exact) mass is 477 g/mol. The van der Waals surface area contributed by atoms with Crippen LogP contribution in [-0.4, -0.2) is 75.4 Å². The first-order valence-corrected chi connectivity index (χ1v) is 11.9. The van der Waals surface area contributed by atoms with Crippen molar-refractivity contribution in [3.63, 3.8) is 0 Å². The number of anilines is 1. The zero-order valence-corrected chi connectivity index (χ0v) is 19.6. The number of aromatic nitrogens is 4. The number of hydrogen-bond donors (Lipinski definition) is 1. The number of likely N-dealkylation sites (tertiary alicyclic amines) is 1. The molecule has 6 heterocycles. The van der Waals surface area contributed by atoms with Crippen LogP contribution in [0.5, 0.6) is 0 Å². The van der Waals surface area contributed by atoms with Crippen molar-refractivity contribution >= 4 is 50.4 Å². The Morgan fingerprint density at radius 3 is 2.79 bits per heavy atom. The highest BCUT2D eigenvalue weighted by Gasteiger charge is 2.37. The van der Waals surface area contributed by atoms with Crippen LogP contribution in [0, 0.1) is 0 Å². The number of amides is 3. The van der Waals surface area contributed by atoms with Crippen molar-refractivity contribution < 1.29 is 14.3 Å². The first-order chi connectivity index (χ1) is 16.5. The molecule has 1 saturated heterocycles. The summed E-state index contributed by atoms with van der Waals surface area (Å²) in [6.45, 7) is 1.63. The Morgan fingerprint density at radius 1 is 1.18 bits per heavy atom. The average molecular weight is 478 g/mol. The fourth-order valence-corrected chi connectivity index (χ4v) is 5.89. The number of pyridine rings is 2. The van der Waals surface area contributed by atoms with Crippen LogP contribution in [0.4, 0.5) is 15.3 Å². The van der Waals surface area contributed by atoms with E-state index in [9.17, 15) is 9.59 Å². The fraction of sp³-hybridized carbons (Fsp3) is 0.348. The molecule has 0 saturated carbocycles. The van der Waals surface area contributed by atoms with Crippen molar-refractivity contribution in [1.29, 1.82) is 0 Å². The number of methoxy groups -OCH3 is 1. The molecule has 6 rings (SSSR count). The third-order valence-electron chi connectivity index (χ3n) is 6.63. The summed E-state index contributed by atoms with van der Waals surface area (Å²) in [5.41, 5.74) is 3.70. The first-order valence-electron chi connectivity index (χ1n) is 11.1. The van der Waals surface area contributed by atoms with Crippen molar-refractivity contribution in [2.24, 2.45) is 0 Å². The number of ether oxygens (including phenoxy) is 1. The summed E-state index contributed by atoms with van der Waals surface area (Å²) in [6, 6.07) is 4.14. The lowest BCUT2D eigenvalue weighted by Gasteiger charge is -2.43. The average Bonchev–Trinajstić information content (AvgIpc) is 3.51. The molecule has 0 aliphatic carbocycles. The van der Waals surface area contributed by atoms with Crippen molar-refractivity contribution in [3.8, 4) is 10.4 Å². The van der Waals surface area contributed by atoms with E-state index in [1.54, 1.807) is 27.3 Å². The lowest BCUT2D eigenvalue weighted by atomic mass is 9.99. The van der Waals surface area contributed by atoms with Crippen molar-refractivity contribution in [3.05, 3.63) is 36.3 Å². The Kier molecular flexibility index (Phi) is 4.87. The van der Waals surface area contributed by atoms with Gasteiger partial charge in [0, 0.05) is 65.3 Å². The predicted octanol–water partition coefficient (Wildman–Crippen LogP) is 3.84. The minimum absolute atomic E-state index is 0.00666. The van der Waals surface area contributed by atoms with Crippen LogP contribution in [-0.2, 0) is 11.3 Å². The summed E-state index contributed by atoms with van der Waals surface area (Å²) in [7, 11) is 3.21. The molecule has 11 heteroatoms. The number of piperidine rings is 1. The predicted molar refractivity (Wildman–Crippen MR) is 129 cm³/mol. The molecule has 0 spiro atoms. The molecule has 4 aromatic heterocycles. The fourth-order valence-electron chi connectivity index (χ4n) is 4.91. The van der Waals surface area contributed by atoms with Gasteiger partial charge in [-0.15, -0.1) is 11.3 Å². The highest BCUT2D eigenvalue weighted by molar-refractivity contribution is 7.22. The molecule has 34 heavy (non-hydrogen) atoms. The molecule has 1 N–H and O–H groups in total. The third-order valence-corrected chi connectivity index (χ3v) is 7.72. The number of hydrogen-bond acceptors (Lipinski definition) is 7. The smallest absolute Gasteiger partial charge is 0.409 e. The van der Waals surface area contributed by atoms with E-state index in [1.807, 2.05) is 24.3 Å². The first kappa shape index (κ1) is 20.8. The van der Waals surface area contributed by atoms with E-state index in [1.165, 1.54) is 7.11 Å². The van der Waals surface area contributed by atoms with Gasteiger partial charge >= 0.3 is 12.1 Å². The van der Waals surface area contributed by atoms with Crippen LogP contribution in [0.3, 0.4) is 0 Å². The Balaban J connectivity index is 1.41. The van der Waals surface area contributed by atoms with Crippen molar-refractivity contribution in [2.75, 3.05) is 32.1 Å². The zero-order chi connectivity index (χ0) is 23.4. The van der Waals surface area contributed by atoms with E-state index >= 15 is 0 Å². The van der Waals surface area contributed by atoms with Gasteiger partial charge in [-0.2, -0.15) is 5.10 Å². The molecule has 10 nitrogen and oxygen atoms in total. The molecule has 3 amide bonds. The lowest BCUT2D eigenvalue weighted by Crippen LogP contribution is -2.54. The van der Waals surface area contributed by atoms with E-state index in [-0.39, 0.29) is 18.2 Å². The van der Waals surface area contributed by atoms with Crippen LogP contribution < -0.4 is 4.90 Å². The summed E-state index contributed by atoms with van der Waals surface area (Å²) in [5, 5.41) is 8.86. The standard InChI is InChI=1S/C23H23N7O3S/c1-28-12-15-10-25-21-17(8-18(34-21)13-7-14-11-26-27-20(14)24-9-13)19(15)30(22(28)31)16-3-5-29(6-4-16)23(32)33-2/h7-11,16H,3-6,12H2,1-2H3,(H,24,26,27). The minimum atomic E-state index is -0.321. The molecule has 0 bridgehead atoms. The van der Waals surface area contributed by atoms with Gasteiger partial charge in [0.1, 0.15) is 4.83 Å². The second-order valence-electron chi connectivity index (χ2n) is 8.69. The molecule has 2 aliphatic rings. The van der Waals surface area contributed by atoms with Gasteiger partial charge in [-0.05, 0) is 25.0 Å². The number of nitrogens with one attached hydrogen (secondary N) is 1. The maximum Gasteiger partial charge on any atom is 0.409 e. The largest absolute Gasteiger partial charge is 0.453 e. The van der Waals surface area contributed by atoms with Crippen LogP contribution >= 0.6 is 11.3 Å². The topological polar surface area (TPSA) is 108 Å². The molecule has 174 valence electrons. The number of carbonyl (C=O) groups excluding carboxylic acids is 2. The molecule has 0 radical (unpaired) electrons. The van der Waals surface area contributed by atoms with Crippen LogP contribution in [0.2, 0.25) is 0 Å². The summed E-state index contributed by atoms with van der Waals surface area (Å²) in [5.74, 6) is 0. The molecule has 0 aromatic carbocycles. The van der Waals surface area contributed by atoms with E-state index in [2.05, 4.69) is 27.3 Å². The quantitative estimate of drug-likeness (QED) is 0.470. The molecule has 0 atom stereocenters.